The fourth-order valence-corrected chi connectivity index (χ4v) is 4.48. The molecule has 4 rings (SSSR count). The highest BCUT2D eigenvalue weighted by Crippen LogP contribution is 2.32. The molecule has 148 valence electrons. The molecule has 2 aromatic carbocycles. The summed E-state index contributed by atoms with van der Waals surface area (Å²) < 4.78 is 0. The monoisotopic (exact) mass is 405 g/mol. The largest absolute Gasteiger partial charge is 0.335 e. The first kappa shape index (κ1) is 19.3. The van der Waals surface area contributed by atoms with Crippen LogP contribution in [0.5, 0.6) is 0 Å². The maximum absolute atomic E-state index is 12.8. The molecular formula is C23H23N3O2S. The molecule has 1 aliphatic heterocycles. The third-order valence-corrected chi connectivity index (χ3v) is 6.05. The number of benzene rings is 2. The Balaban J connectivity index is 1.48. The summed E-state index contributed by atoms with van der Waals surface area (Å²) in [5.41, 5.74) is 4.99. The van der Waals surface area contributed by atoms with Gasteiger partial charge in [-0.1, -0.05) is 36.4 Å². The van der Waals surface area contributed by atoms with Crippen LogP contribution in [0.4, 0.5) is 5.69 Å². The number of hydrogen-bond donors (Lipinski definition) is 1. The molecule has 5 nitrogen and oxygen atoms in total. The number of hydrogen-bond acceptors (Lipinski definition) is 4. The van der Waals surface area contributed by atoms with Crippen molar-refractivity contribution in [1.29, 1.82) is 0 Å². The van der Waals surface area contributed by atoms with E-state index in [0.29, 0.717) is 6.54 Å². The number of nitrogens with one attached hydrogen (secondary N) is 1. The van der Waals surface area contributed by atoms with Gasteiger partial charge in [-0.2, -0.15) is 0 Å². The van der Waals surface area contributed by atoms with Gasteiger partial charge in [0, 0.05) is 30.1 Å². The number of nitrogens with zero attached hydrogens (tertiary/aromatic N) is 2. The Kier molecular flexibility index (Phi) is 5.45. The highest BCUT2D eigenvalue weighted by Gasteiger charge is 2.30. The van der Waals surface area contributed by atoms with Gasteiger partial charge in [0.2, 0.25) is 11.8 Å². The van der Waals surface area contributed by atoms with Crippen molar-refractivity contribution in [3.8, 4) is 11.3 Å². The first-order valence-electron chi connectivity index (χ1n) is 9.68. The van der Waals surface area contributed by atoms with E-state index >= 15 is 0 Å². The molecule has 0 fully saturated rings. The van der Waals surface area contributed by atoms with E-state index in [0.717, 1.165) is 33.9 Å². The summed E-state index contributed by atoms with van der Waals surface area (Å²) in [5, 5.41) is 6.02. The average Bonchev–Trinajstić information content (AvgIpc) is 3.15. The zero-order valence-corrected chi connectivity index (χ0v) is 17.3. The second-order valence-corrected chi connectivity index (χ2v) is 8.32. The van der Waals surface area contributed by atoms with Crippen molar-refractivity contribution in [3.63, 3.8) is 0 Å². The minimum absolute atomic E-state index is 0.000197. The third kappa shape index (κ3) is 4.22. The Morgan fingerprint density at radius 1 is 1.17 bits per heavy atom. The van der Waals surface area contributed by atoms with Gasteiger partial charge in [0.05, 0.1) is 23.2 Å². The lowest BCUT2D eigenvalue weighted by atomic mass is 9.90. The van der Waals surface area contributed by atoms with E-state index in [1.807, 2.05) is 54.8 Å². The maximum atomic E-state index is 12.8. The van der Waals surface area contributed by atoms with Gasteiger partial charge < -0.3 is 10.2 Å². The van der Waals surface area contributed by atoms with Crippen LogP contribution in [0.1, 0.15) is 35.5 Å². The van der Waals surface area contributed by atoms with Crippen LogP contribution >= 0.6 is 11.3 Å². The van der Waals surface area contributed by atoms with Crippen LogP contribution in [-0.2, 0) is 16.0 Å². The summed E-state index contributed by atoms with van der Waals surface area (Å²) in [5.74, 6) is -0.101. The van der Waals surface area contributed by atoms with Crippen molar-refractivity contribution < 1.29 is 9.59 Å². The van der Waals surface area contributed by atoms with Crippen molar-refractivity contribution in [3.05, 3.63) is 70.0 Å². The fourth-order valence-electron chi connectivity index (χ4n) is 3.86. The first-order chi connectivity index (χ1) is 14.0. The number of thiazole rings is 1. The molecule has 1 N–H and O–H groups in total. The Morgan fingerprint density at radius 2 is 1.93 bits per heavy atom. The molecule has 0 bridgehead atoms. The molecule has 2 heterocycles. The van der Waals surface area contributed by atoms with Crippen molar-refractivity contribution in [2.24, 2.45) is 0 Å². The summed E-state index contributed by atoms with van der Waals surface area (Å²) in [7, 11) is 0. The zero-order chi connectivity index (χ0) is 20.4. The summed E-state index contributed by atoms with van der Waals surface area (Å²) in [6, 6.07) is 15.5. The van der Waals surface area contributed by atoms with Gasteiger partial charge >= 0.3 is 0 Å². The van der Waals surface area contributed by atoms with E-state index in [2.05, 4.69) is 16.4 Å². The van der Waals surface area contributed by atoms with E-state index in [1.165, 1.54) is 5.56 Å². The Morgan fingerprint density at radius 3 is 2.62 bits per heavy atom. The molecule has 1 aliphatic rings. The van der Waals surface area contributed by atoms with Crippen LogP contribution < -0.4 is 5.32 Å². The number of carbonyl (C=O) groups excluding carboxylic acids is 2. The van der Waals surface area contributed by atoms with Crippen LogP contribution in [0, 0.1) is 6.92 Å². The van der Waals surface area contributed by atoms with Gasteiger partial charge in [0.25, 0.3) is 0 Å². The van der Waals surface area contributed by atoms with Crippen molar-refractivity contribution >= 4 is 28.8 Å². The van der Waals surface area contributed by atoms with E-state index in [4.69, 9.17) is 0 Å². The molecule has 0 spiro atoms. The van der Waals surface area contributed by atoms with Crippen molar-refractivity contribution in [1.82, 2.24) is 9.88 Å². The van der Waals surface area contributed by atoms with E-state index < -0.39 is 0 Å². The number of aromatic nitrogens is 1. The minimum atomic E-state index is -0.227. The van der Waals surface area contributed by atoms with Crippen molar-refractivity contribution in [2.45, 2.75) is 32.7 Å². The Bertz CT molecular complexity index is 1040. The third-order valence-electron chi connectivity index (χ3n) is 5.28. The maximum Gasteiger partial charge on any atom is 0.226 e. The van der Waals surface area contributed by atoms with Crippen LogP contribution in [-0.4, -0.2) is 28.2 Å². The molecule has 0 saturated carbocycles. The van der Waals surface area contributed by atoms with Crippen molar-refractivity contribution in [2.75, 3.05) is 11.9 Å². The lowest BCUT2D eigenvalue weighted by molar-refractivity contribution is -0.132. The number of aryl methyl sites for hydroxylation is 1. The predicted octanol–water partition coefficient (Wildman–Crippen LogP) is 4.59. The first-order valence-corrected chi connectivity index (χ1v) is 10.6. The normalized spacial score (nSPS) is 15.7. The molecule has 1 aromatic heterocycles. The Hall–Kier alpha value is -2.99. The minimum Gasteiger partial charge on any atom is -0.335 e. The summed E-state index contributed by atoms with van der Waals surface area (Å²) >= 11 is 1.62. The molecule has 1 unspecified atom stereocenters. The highest BCUT2D eigenvalue weighted by atomic mass is 32.1. The molecule has 6 heteroatoms. The quantitative estimate of drug-likeness (QED) is 0.690. The summed E-state index contributed by atoms with van der Waals surface area (Å²) in [6.45, 7) is 4.19. The van der Waals surface area contributed by atoms with Gasteiger partial charge in [0.1, 0.15) is 0 Å². The van der Waals surface area contributed by atoms with Gasteiger partial charge in [0.15, 0.2) is 0 Å². The zero-order valence-electron chi connectivity index (χ0n) is 16.5. The molecule has 3 aromatic rings. The lowest BCUT2D eigenvalue weighted by Gasteiger charge is -2.36. The lowest BCUT2D eigenvalue weighted by Crippen LogP contribution is -2.40. The molecule has 29 heavy (non-hydrogen) atoms. The molecular weight excluding hydrogens is 382 g/mol. The van der Waals surface area contributed by atoms with Crippen LogP contribution in [0.2, 0.25) is 0 Å². The van der Waals surface area contributed by atoms with E-state index in [-0.39, 0.29) is 24.3 Å². The van der Waals surface area contributed by atoms with E-state index in [1.54, 1.807) is 23.2 Å². The van der Waals surface area contributed by atoms with E-state index in [9.17, 15) is 9.59 Å². The average molecular weight is 406 g/mol. The summed E-state index contributed by atoms with van der Waals surface area (Å²) in [4.78, 5) is 31.2. The second kappa shape index (κ2) is 8.17. The number of rotatable bonds is 4. The molecule has 1 atom stereocenters. The van der Waals surface area contributed by atoms with Crippen LogP contribution in [0.25, 0.3) is 11.3 Å². The van der Waals surface area contributed by atoms with Crippen LogP contribution in [0.15, 0.2) is 53.9 Å². The SMILES string of the molecule is CC(=O)N1CCc2ccccc2C1CC(=O)Nc1ccc(-c2csc(C)n2)cc1. The standard InChI is InChI=1S/C23H23N3O2S/c1-15-24-21(14-29-15)18-7-9-19(10-8-18)25-23(28)13-22-20-6-4-3-5-17(20)11-12-26(22)16(2)27/h3-10,14,22H,11-13H2,1-2H3,(H,25,28). The number of anilines is 1. The van der Waals surface area contributed by atoms with Gasteiger partial charge in [-0.25, -0.2) is 4.98 Å². The fraction of sp³-hybridized carbons (Fsp3) is 0.261. The van der Waals surface area contributed by atoms with Crippen LogP contribution in [0.3, 0.4) is 0 Å². The highest BCUT2D eigenvalue weighted by molar-refractivity contribution is 7.09. The number of fused-ring (bicyclic) bond motifs is 1. The Labute approximate surface area is 174 Å². The molecule has 2 amide bonds. The van der Waals surface area contributed by atoms with Gasteiger partial charge in [-0.15, -0.1) is 11.3 Å². The molecule has 0 radical (unpaired) electrons. The summed E-state index contributed by atoms with van der Waals surface area (Å²) in [6.07, 6.45) is 1.06. The predicted molar refractivity (Wildman–Crippen MR) is 116 cm³/mol. The number of amides is 2. The smallest absolute Gasteiger partial charge is 0.226 e. The molecule has 0 saturated heterocycles. The topological polar surface area (TPSA) is 62.3 Å². The second-order valence-electron chi connectivity index (χ2n) is 7.26. The van der Waals surface area contributed by atoms with Gasteiger partial charge in [-0.3, -0.25) is 9.59 Å². The molecule has 0 aliphatic carbocycles. The van der Waals surface area contributed by atoms with Gasteiger partial charge in [-0.05, 0) is 36.6 Å². The number of carbonyl (C=O) groups is 2.